The van der Waals surface area contributed by atoms with Crippen molar-refractivity contribution in [2.75, 3.05) is 42.6 Å². The van der Waals surface area contributed by atoms with Crippen molar-refractivity contribution < 1.29 is 4.74 Å². The van der Waals surface area contributed by atoms with Gasteiger partial charge in [-0.25, -0.2) is 15.0 Å². The van der Waals surface area contributed by atoms with E-state index >= 15 is 0 Å². The van der Waals surface area contributed by atoms with Crippen molar-refractivity contribution in [3.63, 3.8) is 0 Å². The average molecular weight is 390 g/mol. The van der Waals surface area contributed by atoms with Crippen LogP contribution < -0.4 is 9.80 Å². The zero-order valence-electron chi connectivity index (χ0n) is 16.6. The van der Waals surface area contributed by atoms with Crippen molar-refractivity contribution in [3.8, 4) is 0 Å². The number of aryl methyl sites for hydroxylation is 2. The lowest BCUT2D eigenvalue weighted by Crippen LogP contribution is -2.37. The Kier molecular flexibility index (Phi) is 5.13. The molecule has 1 saturated heterocycles. The maximum atomic E-state index is 5.45. The molecule has 1 fully saturated rings. The van der Waals surface area contributed by atoms with Crippen molar-refractivity contribution in [1.29, 1.82) is 0 Å². The van der Waals surface area contributed by atoms with Crippen LogP contribution in [0.5, 0.6) is 0 Å². The minimum absolute atomic E-state index is 0.757. The molecule has 0 atom stereocenters. The van der Waals surface area contributed by atoms with Crippen molar-refractivity contribution in [1.82, 2.24) is 19.5 Å². The van der Waals surface area contributed by atoms with Gasteiger partial charge in [-0.1, -0.05) is 30.3 Å². The number of benzene rings is 1. The third-order valence-corrected chi connectivity index (χ3v) is 5.77. The monoisotopic (exact) mass is 390 g/mol. The highest BCUT2D eigenvalue weighted by Crippen LogP contribution is 2.25. The first-order chi connectivity index (χ1) is 14.4. The molecular formula is C22H26N6O. The first-order valence-electron chi connectivity index (χ1n) is 10.3. The molecule has 0 amide bonds. The van der Waals surface area contributed by atoms with E-state index in [1.165, 1.54) is 11.3 Å². The lowest BCUT2D eigenvalue weighted by molar-refractivity contribution is 0.122. The topological polar surface area (TPSA) is 59.3 Å². The number of nitrogens with zero attached hydrogens (tertiary/aromatic N) is 6. The molecule has 150 valence electrons. The minimum atomic E-state index is 0.757. The lowest BCUT2D eigenvalue weighted by atomic mass is 10.1. The van der Waals surface area contributed by atoms with Crippen LogP contribution in [-0.2, 0) is 30.7 Å². The third kappa shape index (κ3) is 3.96. The highest BCUT2D eigenvalue weighted by atomic mass is 16.5. The summed E-state index contributed by atoms with van der Waals surface area (Å²) < 4.78 is 7.77. The summed E-state index contributed by atoms with van der Waals surface area (Å²) in [7, 11) is 0. The molecular weight excluding hydrogens is 364 g/mol. The normalized spacial score (nSPS) is 16.7. The summed E-state index contributed by atoms with van der Waals surface area (Å²) in [5.41, 5.74) is 3.89. The van der Waals surface area contributed by atoms with Crippen molar-refractivity contribution in [2.45, 2.75) is 25.9 Å². The van der Waals surface area contributed by atoms with Crippen LogP contribution in [0.3, 0.4) is 0 Å². The van der Waals surface area contributed by atoms with Crippen molar-refractivity contribution >= 4 is 11.6 Å². The number of rotatable bonds is 5. The summed E-state index contributed by atoms with van der Waals surface area (Å²) in [4.78, 5) is 18.3. The second kappa shape index (κ2) is 8.21. The van der Waals surface area contributed by atoms with E-state index in [4.69, 9.17) is 9.72 Å². The van der Waals surface area contributed by atoms with E-state index in [0.29, 0.717) is 0 Å². The van der Waals surface area contributed by atoms with Crippen LogP contribution in [0, 0.1) is 0 Å². The van der Waals surface area contributed by atoms with Crippen LogP contribution in [-0.4, -0.2) is 52.4 Å². The fraction of sp³-hybridized carbons (Fsp3) is 0.409. The zero-order chi connectivity index (χ0) is 19.5. The molecule has 5 rings (SSSR count). The fourth-order valence-electron chi connectivity index (χ4n) is 4.13. The predicted octanol–water partition coefficient (Wildman–Crippen LogP) is 2.32. The molecule has 2 aliphatic heterocycles. The van der Waals surface area contributed by atoms with Gasteiger partial charge in [0.25, 0.3) is 0 Å². The van der Waals surface area contributed by atoms with Gasteiger partial charge in [-0.15, -0.1) is 0 Å². The van der Waals surface area contributed by atoms with E-state index in [0.717, 1.165) is 76.1 Å². The number of anilines is 2. The smallest absolute Gasteiger partial charge is 0.134 e. The quantitative estimate of drug-likeness (QED) is 0.666. The largest absolute Gasteiger partial charge is 0.378 e. The Bertz CT molecular complexity index is 951. The summed E-state index contributed by atoms with van der Waals surface area (Å²) in [5.74, 6) is 1.96. The number of hydrogen-bond acceptors (Lipinski definition) is 6. The maximum Gasteiger partial charge on any atom is 0.134 e. The molecule has 7 nitrogen and oxygen atoms in total. The van der Waals surface area contributed by atoms with E-state index in [-0.39, 0.29) is 0 Å². The Labute approximate surface area is 171 Å². The van der Waals surface area contributed by atoms with Gasteiger partial charge < -0.3 is 19.1 Å². The minimum Gasteiger partial charge on any atom is -0.378 e. The Morgan fingerprint density at radius 3 is 2.52 bits per heavy atom. The van der Waals surface area contributed by atoms with E-state index in [1.54, 1.807) is 6.33 Å². The molecule has 2 aromatic heterocycles. The molecule has 0 N–H and O–H groups in total. The highest BCUT2D eigenvalue weighted by molar-refractivity contribution is 5.51. The first kappa shape index (κ1) is 18.1. The maximum absolute atomic E-state index is 5.45. The van der Waals surface area contributed by atoms with Crippen LogP contribution in [0.2, 0.25) is 0 Å². The highest BCUT2D eigenvalue weighted by Gasteiger charge is 2.23. The third-order valence-electron chi connectivity index (χ3n) is 5.77. The molecule has 0 spiro atoms. The number of ether oxygens (including phenoxy) is 1. The van der Waals surface area contributed by atoms with E-state index in [9.17, 15) is 0 Å². The van der Waals surface area contributed by atoms with E-state index < -0.39 is 0 Å². The Morgan fingerprint density at radius 2 is 1.69 bits per heavy atom. The van der Waals surface area contributed by atoms with Crippen LogP contribution in [0.1, 0.15) is 17.0 Å². The van der Waals surface area contributed by atoms with Gasteiger partial charge in [0.1, 0.15) is 18.0 Å². The van der Waals surface area contributed by atoms with Crippen molar-refractivity contribution in [2.24, 2.45) is 0 Å². The number of hydrogen-bond donors (Lipinski definition) is 0. The van der Waals surface area contributed by atoms with Gasteiger partial charge in [-0.3, -0.25) is 0 Å². The zero-order valence-corrected chi connectivity index (χ0v) is 16.6. The second-order valence-electron chi connectivity index (χ2n) is 7.57. The molecule has 7 heteroatoms. The summed E-state index contributed by atoms with van der Waals surface area (Å²) >= 11 is 0. The Morgan fingerprint density at radius 1 is 0.897 bits per heavy atom. The van der Waals surface area contributed by atoms with Gasteiger partial charge in [-0.05, 0) is 12.0 Å². The molecule has 2 aliphatic rings. The van der Waals surface area contributed by atoms with Gasteiger partial charge in [-0.2, -0.15) is 0 Å². The summed E-state index contributed by atoms with van der Waals surface area (Å²) in [6.45, 7) is 6.00. The fourth-order valence-corrected chi connectivity index (χ4v) is 4.13. The van der Waals surface area contributed by atoms with Crippen LogP contribution in [0.4, 0.5) is 11.6 Å². The van der Waals surface area contributed by atoms with Crippen molar-refractivity contribution in [3.05, 3.63) is 66.0 Å². The average Bonchev–Trinajstić information content (AvgIpc) is 3.21. The number of aromatic nitrogens is 4. The van der Waals surface area contributed by atoms with Gasteiger partial charge in [0.05, 0.1) is 31.8 Å². The Hall–Kier alpha value is -2.93. The first-order valence-corrected chi connectivity index (χ1v) is 10.3. The molecule has 3 aromatic rings. The molecule has 0 saturated carbocycles. The van der Waals surface area contributed by atoms with Crippen LogP contribution >= 0.6 is 0 Å². The summed E-state index contributed by atoms with van der Waals surface area (Å²) in [5, 5.41) is 0. The van der Waals surface area contributed by atoms with Gasteiger partial charge in [0.2, 0.25) is 0 Å². The number of imidazole rings is 1. The molecule has 0 radical (unpaired) electrons. The lowest BCUT2D eigenvalue weighted by Gasteiger charge is -2.30. The van der Waals surface area contributed by atoms with E-state index in [1.807, 2.05) is 6.33 Å². The molecule has 1 aromatic carbocycles. The van der Waals surface area contributed by atoms with Gasteiger partial charge >= 0.3 is 0 Å². The number of morpholine rings is 1. The van der Waals surface area contributed by atoms with Gasteiger partial charge in [0, 0.05) is 44.4 Å². The standard InChI is InChI=1S/C22H26N6O/c1-2-4-18(5-3-1)6-8-28-17-25-19-15-27(9-7-20(19)28)22-14-21(23-16-24-22)26-10-12-29-13-11-26/h1-5,14,16-17H,6-13,15H2. The van der Waals surface area contributed by atoms with E-state index in [2.05, 4.69) is 60.7 Å². The molecule has 4 heterocycles. The van der Waals surface area contributed by atoms with Crippen LogP contribution in [0.25, 0.3) is 0 Å². The second-order valence-corrected chi connectivity index (χ2v) is 7.57. The Balaban J connectivity index is 1.27. The summed E-state index contributed by atoms with van der Waals surface area (Å²) in [6, 6.07) is 12.7. The SMILES string of the molecule is c1ccc(CCn2cnc3c2CCN(c2cc(N4CCOCC4)ncn2)C3)cc1. The predicted molar refractivity (Wildman–Crippen MR) is 112 cm³/mol. The molecule has 0 aliphatic carbocycles. The molecule has 0 unspecified atom stereocenters. The van der Waals surface area contributed by atoms with Crippen LogP contribution in [0.15, 0.2) is 49.1 Å². The molecule has 0 bridgehead atoms. The van der Waals surface area contributed by atoms with Gasteiger partial charge in [0.15, 0.2) is 0 Å². The summed E-state index contributed by atoms with van der Waals surface area (Å²) in [6.07, 6.45) is 5.69. The number of fused-ring (bicyclic) bond motifs is 1. The molecule has 29 heavy (non-hydrogen) atoms.